The Morgan fingerprint density at radius 3 is 2.46 bits per heavy atom. The van der Waals surface area contributed by atoms with Crippen molar-refractivity contribution < 1.29 is 9.59 Å². The third kappa shape index (κ3) is 3.12. The Balaban J connectivity index is 1.39. The highest BCUT2D eigenvalue weighted by Gasteiger charge is 2.51. The molecule has 3 fully saturated rings. The maximum Gasteiger partial charge on any atom is 0.253 e. The smallest absolute Gasteiger partial charge is 0.253 e. The highest BCUT2D eigenvalue weighted by molar-refractivity contribution is 6.30. The molecule has 4 rings (SSSR count). The third-order valence-electron chi connectivity index (χ3n) is 6.41. The van der Waals surface area contributed by atoms with E-state index in [1.54, 1.807) is 24.3 Å². The van der Waals surface area contributed by atoms with Crippen molar-refractivity contribution in [3.63, 3.8) is 0 Å². The van der Waals surface area contributed by atoms with Gasteiger partial charge < -0.3 is 15.1 Å². The largest absolute Gasteiger partial charge is 0.339 e. The van der Waals surface area contributed by atoms with Gasteiger partial charge in [0.2, 0.25) is 5.91 Å². The summed E-state index contributed by atoms with van der Waals surface area (Å²) in [6.45, 7) is 4.25. The normalized spacial score (nSPS) is 28.7. The van der Waals surface area contributed by atoms with E-state index in [2.05, 4.69) is 5.32 Å². The number of hydrogen-bond acceptors (Lipinski definition) is 3. The summed E-state index contributed by atoms with van der Waals surface area (Å²) in [7, 11) is 0. The fourth-order valence-electron chi connectivity index (χ4n) is 4.87. The summed E-state index contributed by atoms with van der Waals surface area (Å²) in [5, 5.41) is 4.08. The van der Waals surface area contributed by atoms with Crippen molar-refractivity contribution >= 4 is 23.4 Å². The van der Waals surface area contributed by atoms with E-state index in [4.69, 9.17) is 11.6 Å². The van der Waals surface area contributed by atoms with Crippen LogP contribution in [0.5, 0.6) is 0 Å². The van der Waals surface area contributed by atoms with Crippen LogP contribution >= 0.6 is 11.6 Å². The van der Waals surface area contributed by atoms with E-state index in [1.807, 2.05) is 9.80 Å². The first kappa shape index (κ1) is 17.8. The van der Waals surface area contributed by atoms with Gasteiger partial charge in [-0.2, -0.15) is 0 Å². The Kier molecular flexibility index (Phi) is 4.93. The first-order valence-corrected chi connectivity index (χ1v) is 10.0. The monoisotopic (exact) mass is 375 g/mol. The Morgan fingerprint density at radius 2 is 1.73 bits per heavy atom. The quantitative estimate of drug-likeness (QED) is 0.863. The van der Waals surface area contributed by atoms with E-state index in [1.165, 1.54) is 6.42 Å². The Morgan fingerprint density at radius 1 is 1.04 bits per heavy atom. The number of rotatable bonds is 2. The number of amides is 2. The standard InChI is InChI=1S/C20H26ClN3O2/c21-17-6-4-15(5-7-17)18(25)23-9-11-24(12-10-23)19(26)20-8-2-1-3-16(20)13-22-14-20/h4-7,16,22H,1-3,8-14H2/t16-,20+/m0/s1. The van der Waals surface area contributed by atoms with Gasteiger partial charge in [0, 0.05) is 43.3 Å². The van der Waals surface area contributed by atoms with E-state index in [9.17, 15) is 9.59 Å². The van der Waals surface area contributed by atoms with Crippen molar-refractivity contribution in [3.05, 3.63) is 34.9 Å². The maximum atomic E-state index is 13.3. The van der Waals surface area contributed by atoms with Gasteiger partial charge >= 0.3 is 0 Å². The lowest BCUT2D eigenvalue weighted by atomic mass is 9.67. The molecule has 140 valence electrons. The molecule has 5 nitrogen and oxygen atoms in total. The van der Waals surface area contributed by atoms with Gasteiger partial charge in [0.25, 0.3) is 5.91 Å². The van der Waals surface area contributed by atoms with Crippen LogP contribution in [0, 0.1) is 11.3 Å². The first-order chi connectivity index (χ1) is 12.6. The molecule has 6 heteroatoms. The molecule has 0 aromatic heterocycles. The van der Waals surface area contributed by atoms with Crippen LogP contribution in [-0.2, 0) is 4.79 Å². The molecule has 0 unspecified atom stereocenters. The second kappa shape index (κ2) is 7.20. The minimum Gasteiger partial charge on any atom is -0.339 e. The van der Waals surface area contributed by atoms with Gasteiger partial charge in [-0.15, -0.1) is 0 Å². The molecule has 0 radical (unpaired) electrons. The maximum absolute atomic E-state index is 13.3. The Bertz CT molecular complexity index is 685. The van der Waals surface area contributed by atoms with E-state index < -0.39 is 0 Å². The lowest BCUT2D eigenvalue weighted by Gasteiger charge is -2.43. The van der Waals surface area contributed by atoms with Gasteiger partial charge in [0.05, 0.1) is 5.41 Å². The van der Waals surface area contributed by atoms with Gasteiger partial charge in [0.1, 0.15) is 0 Å². The van der Waals surface area contributed by atoms with Crippen molar-refractivity contribution in [2.24, 2.45) is 11.3 Å². The summed E-state index contributed by atoms with van der Waals surface area (Å²) in [5.74, 6) is 0.813. The minimum atomic E-state index is -0.194. The lowest BCUT2D eigenvalue weighted by Crippen LogP contribution is -2.56. The van der Waals surface area contributed by atoms with Crippen LogP contribution in [0.4, 0.5) is 0 Å². The summed E-state index contributed by atoms with van der Waals surface area (Å²) >= 11 is 5.90. The van der Waals surface area contributed by atoms with Crippen LogP contribution in [0.25, 0.3) is 0 Å². The molecule has 2 atom stereocenters. The second-order valence-corrected chi connectivity index (χ2v) is 8.26. The van der Waals surface area contributed by atoms with Crippen LogP contribution < -0.4 is 5.32 Å². The fraction of sp³-hybridized carbons (Fsp3) is 0.600. The number of nitrogens with one attached hydrogen (secondary N) is 1. The van der Waals surface area contributed by atoms with Crippen molar-refractivity contribution in [3.8, 4) is 0 Å². The molecule has 1 aliphatic carbocycles. The highest BCUT2D eigenvalue weighted by atomic mass is 35.5. The predicted molar refractivity (Wildman–Crippen MR) is 101 cm³/mol. The third-order valence-corrected chi connectivity index (χ3v) is 6.66. The summed E-state index contributed by atoms with van der Waals surface area (Å²) in [6, 6.07) is 7.00. The SMILES string of the molecule is O=C(c1ccc(Cl)cc1)N1CCN(C(=O)[C@@]23CCCC[C@H]2CNC3)CC1. The summed E-state index contributed by atoms with van der Waals surface area (Å²) in [4.78, 5) is 29.8. The summed E-state index contributed by atoms with van der Waals surface area (Å²) in [5.41, 5.74) is 0.459. The van der Waals surface area contributed by atoms with Crippen molar-refractivity contribution in [2.45, 2.75) is 25.7 Å². The molecule has 26 heavy (non-hydrogen) atoms. The molecule has 1 aromatic rings. The van der Waals surface area contributed by atoms with E-state index in [0.717, 1.165) is 32.4 Å². The van der Waals surface area contributed by atoms with Crippen molar-refractivity contribution in [1.29, 1.82) is 0 Å². The minimum absolute atomic E-state index is 0.0185. The number of carbonyl (C=O) groups is 2. The van der Waals surface area contributed by atoms with Gasteiger partial charge in [-0.3, -0.25) is 9.59 Å². The molecule has 0 bridgehead atoms. The van der Waals surface area contributed by atoms with Crippen molar-refractivity contribution in [2.75, 3.05) is 39.3 Å². The van der Waals surface area contributed by atoms with Gasteiger partial charge in [-0.1, -0.05) is 24.4 Å². The molecule has 2 saturated heterocycles. The number of nitrogens with zero attached hydrogens (tertiary/aromatic N) is 2. The molecule has 2 heterocycles. The van der Waals surface area contributed by atoms with Crippen LogP contribution in [0.2, 0.25) is 5.02 Å². The molecule has 2 amide bonds. The van der Waals surface area contributed by atoms with Gasteiger partial charge in [0.15, 0.2) is 0 Å². The molecular formula is C20H26ClN3O2. The van der Waals surface area contributed by atoms with Crippen LogP contribution in [0.1, 0.15) is 36.0 Å². The number of hydrogen-bond donors (Lipinski definition) is 1. The molecule has 1 saturated carbocycles. The first-order valence-electron chi connectivity index (χ1n) is 9.65. The van der Waals surface area contributed by atoms with Gasteiger partial charge in [-0.25, -0.2) is 0 Å². The molecule has 1 aromatic carbocycles. The molecule has 3 aliphatic rings. The predicted octanol–water partition coefficient (Wildman–Crippen LogP) is 2.40. The van der Waals surface area contributed by atoms with Crippen LogP contribution in [-0.4, -0.2) is 60.9 Å². The number of halogens is 1. The molecular weight excluding hydrogens is 350 g/mol. The van der Waals surface area contributed by atoms with E-state index >= 15 is 0 Å². The second-order valence-electron chi connectivity index (χ2n) is 7.82. The lowest BCUT2D eigenvalue weighted by molar-refractivity contribution is -0.146. The zero-order valence-electron chi connectivity index (χ0n) is 15.0. The topological polar surface area (TPSA) is 52.7 Å². The van der Waals surface area contributed by atoms with Crippen molar-refractivity contribution in [1.82, 2.24) is 15.1 Å². The molecule has 0 spiro atoms. The van der Waals surface area contributed by atoms with E-state index in [0.29, 0.717) is 48.6 Å². The molecule has 1 N–H and O–H groups in total. The Labute approximate surface area is 159 Å². The number of piperazine rings is 1. The number of fused-ring (bicyclic) bond motifs is 1. The average molecular weight is 376 g/mol. The zero-order valence-corrected chi connectivity index (χ0v) is 15.8. The fourth-order valence-corrected chi connectivity index (χ4v) is 5.00. The van der Waals surface area contributed by atoms with Gasteiger partial charge in [-0.05, 0) is 49.6 Å². The summed E-state index contributed by atoms with van der Waals surface area (Å²) < 4.78 is 0. The van der Waals surface area contributed by atoms with E-state index in [-0.39, 0.29) is 11.3 Å². The average Bonchev–Trinajstić information content (AvgIpc) is 3.13. The van der Waals surface area contributed by atoms with Crippen LogP contribution in [0.3, 0.4) is 0 Å². The number of carbonyl (C=O) groups excluding carboxylic acids is 2. The zero-order chi connectivity index (χ0) is 18.1. The molecule has 2 aliphatic heterocycles. The highest BCUT2D eigenvalue weighted by Crippen LogP contribution is 2.45. The Hall–Kier alpha value is -1.59. The summed E-state index contributed by atoms with van der Waals surface area (Å²) in [6.07, 6.45) is 4.56. The van der Waals surface area contributed by atoms with Crippen LogP contribution in [0.15, 0.2) is 24.3 Å². The number of benzene rings is 1.